The van der Waals surface area contributed by atoms with E-state index in [0.717, 1.165) is 10.6 Å². The molecule has 1 N–H and O–H groups in total. The van der Waals surface area contributed by atoms with Crippen molar-refractivity contribution in [2.45, 2.75) is 9.99 Å². The van der Waals surface area contributed by atoms with E-state index in [-0.39, 0.29) is 5.57 Å². The molecule has 0 atom stereocenters. The zero-order valence-electron chi connectivity index (χ0n) is 14.9. The lowest BCUT2D eigenvalue weighted by Gasteiger charge is -2.13. The first-order valence-corrected chi connectivity index (χ1v) is 9.29. The predicted octanol–water partition coefficient (Wildman–Crippen LogP) is 3.90. The largest absolute Gasteiger partial charge is 0.497 e. The van der Waals surface area contributed by atoms with E-state index in [1.807, 2.05) is 30.3 Å². The summed E-state index contributed by atoms with van der Waals surface area (Å²) in [7, 11) is 1.62. The Morgan fingerprint density at radius 2 is 1.75 bits per heavy atom. The molecule has 1 saturated heterocycles. The maximum absolute atomic E-state index is 12.6. The Balaban J connectivity index is 1.51. The van der Waals surface area contributed by atoms with Crippen LogP contribution in [0.1, 0.15) is 5.76 Å². The van der Waals surface area contributed by atoms with Gasteiger partial charge in [0.2, 0.25) is 0 Å². The van der Waals surface area contributed by atoms with Crippen molar-refractivity contribution in [1.29, 1.82) is 0 Å². The molecule has 0 aliphatic carbocycles. The Morgan fingerprint density at radius 3 is 2.46 bits per heavy atom. The summed E-state index contributed by atoms with van der Waals surface area (Å²) in [6.45, 7) is 0. The van der Waals surface area contributed by atoms with Crippen LogP contribution in [0.2, 0.25) is 0 Å². The molecule has 28 heavy (non-hydrogen) atoms. The maximum Gasteiger partial charge on any atom is 0.282 e. The van der Waals surface area contributed by atoms with Gasteiger partial charge in [0, 0.05) is 4.90 Å². The number of nitrogens with one attached hydrogen (secondary N) is 1. The summed E-state index contributed by atoms with van der Waals surface area (Å²) in [5.41, 5.74) is 3.19. The van der Waals surface area contributed by atoms with E-state index in [4.69, 9.17) is 9.15 Å². The molecule has 1 aliphatic rings. The number of anilines is 1. The molecule has 3 aromatic rings. The van der Waals surface area contributed by atoms with Crippen molar-refractivity contribution in [2.24, 2.45) is 0 Å². The number of carbonyl (C=O) groups excluding carboxylic acids is 2. The van der Waals surface area contributed by atoms with Crippen LogP contribution in [0.15, 0.2) is 86.7 Å². The van der Waals surface area contributed by atoms with Gasteiger partial charge in [-0.2, -0.15) is 0 Å². The fourth-order valence-electron chi connectivity index (χ4n) is 2.69. The lowest BCUT2D eigenvalue weighted by Crippen LogP contribution is -2.35. The van der Waals surface area contributed by atoms with E-state index in [1.165, 1.54) is 22.8 Å². The number of ether oxygens (including phenoxy) is 1. The zero-order valence-corrected chi connectivity index (χ0v) is 15.7. The fraction of sp³-hybridized carbons (Fsp3) is 0.0476. The molecule has 2 heterocycles. The molecule has 0 spiro atoms. The Hall–Kier alpha value is -3.45. The van der Waals surface area contributed by atoms with Crippen LogP contribution in [0.25, 0.3) is 6.08 Å². The molecular weight excluding hydrogens is 376 g/mol. The van der Waals surface area contributed by atoms with Gasteiger partial charge in [0.25, 0.3) is 11.8 Å². The number of amides is 2. The van der Waals surface area contributed by atoms with Crippen LogP contribution in [0, 0.1) is 0 Å². The van der Waals surface area contributed by atoms with Gasteiger partial charge in [-0.1, -0.05) is 30.0 Å². The Kier molecular flexibility index (Phi) is 4.90. The number of furan rings is 1. The summed E-state index contributed by atoms with van der Waals surface area (Å²) < 4.78 is 10.9. The molecule has 2 aromatic carbocycles. The lowest BCUT2D eigenvalue weighted by molar-refractivity contribution is -0.117. The number of hydrogen-bond donors (Lipinski definition) is 1. The minimum Gasteiger partial charge on any atom is -0.497 e. The van der Waals surface area contributed by atoms with Gasteiger partial charge in [0.1, 0.15) is 17.1 Å². The van der Waals surface area contributed by atoms with E-state index >= 15 is 0 Å². The first kappa shape index (κ1) is 17.9. The van der Waals surface area contributed by atoms with Crippen molar-refractivity contribution >= 4 is 35.3 Å². The molecule has 0 unspecified atom stereocenters. The first-order valence-electron chi connectivity index (χ1n) is 8.48. The highest BCUT2D eigenvalue weighted by Gasteiger charge is 2.34. The molecule has 0 saturated carbocycles. The van der Waals surface area contributed by atoms with E-state index < -0.39 is 11.8 Å². The Morgan fingerprint density at radius 1 is 1.00 bits per heavy atom. The van der Waals surface area contributed by atoms with Crippen LogP contribution >= 0.6 is 11.8 Å². The summed E-state index contributed by atoms with van der Waals surface area (Å²) in [5.74, 6) is 0.332. The van der Waals surface area contributed by atoms with Gasteiger partial charge in [-0.3, -0.25) is 15.0 Å². The van der Waals surface area contributed by atoms with Crippen LogP contribution in [0.3, 0.4) is 0 Å². The second-order valence-corrected chi connectivity index (χ2v) is 6.99. The van der Waals surface area contributed by atoms with Crippen molar-refractivity contribution < 1.29 is 18.7 Å². The summed E-state index contributed by atoms with van der Waals surface area (Å²) in [4.78, 5) is 25.8. The monoisotopic (exact) mass is 392 g/mol. The quantitative estimate of drug-likeness (QED) is 0.527. The summed E-state index contributed by atoms with van der Waals surface area (Å²) in [5, 5.41) is 1.88. The second-order valence-electron chi connectivity index (χ2n) is 5.91. The average Bonchev–Trinajstić information content (AvgIpc) is 3.28. The molecule has 0 radical (unpaired) electrons. The van der Waals surface area contributed by atoms with E-state index in [1.54, 1.807) is 43.5 Å². The van der Waals surface area contributed by atoms with E-state index in [2.05, 4.69) is 5.43 Å². The third-order valence-electron chi connectivity index (χ3n) is 4.07. The lowest BCUT2D eigenvalue weighted by atomic mass is 10.2. The summed E-state index contributed by atoms with van der Waals surface area (Å²) >= 11 is 1.44. The molecule has 0 bridgehead atoms. The molecular formula is C21H16N2O4S. The number of benzene rings is 2. The Labute approximate surface area is 165 Å². The van der Waals surface area contributed by atoms with Crippen LogP contribution in [-0.4, -0.2) is 18.9 Å². The van der Waals surface area contributed by atoms with E-state index in [9.17, 15) is 9.59 Å². The topological polar surface area (TPSA) is 71.8 Å². The maximum atomic E-state index is 12.6. The van der Waals surface area contributed by atoms with Crippen molar-refractivity contribution in [3.05, 3.63) is 78.1 Å². The van der Waals surface area contributed by atoms with E-state index in [0.29, 0.717) is 16.5 Å². The predicted molar refractivity (Wildman–Crippen MR) is 106 cm³/mol. The normalized spacial score (nSPS) is 15.2. The molecule has 6 nitrogen and oxygen atoms in total. The number of rotatable bonds is 5. The molecule has 140 valence electrons. The van der Waals surface area contributed by atoms with Crippen molar-refractivity contribution in [1.82, 2.24) is 5.43 Å². The van der Waals surface area contributed by atoms with Gasteiger partial charge >= 0.3 is 0 Å². The van der Waals surface area contributed by atoms with Crippen molar-refractivity contribution in [2.75, 3.05) is 12.1 Å². The number of para-hydroxylation sites is 1. The third kappa shape index (κ3) is 3.65. The highest BCUT2D eigenvalue weighted by molar-refractivity contribution is 7.99. The van der Waals surface area contributed by atoms with Crippen LogP contribution in [-0.2, 0) is 9.59 Å². The third-order valence-corrected chi connectivity index (χ3v) is 5.00. The molecule has 1 aromatic heterocycles. The standard InChI is InChI=1S/C21H16N2O4S/c1-26-15-7-10-17(11-8-15)28-19-12-9-16(27-19)13-18-20(24)22-23(21(18)25)14-5-3-2-4-6-14/h2-13H,1H3,(H,22,24)/b18-13+. The van der Waals surface area contributed by atoms with Crippen LogP contribution in [0.5, 0.6) is 5.75 Å². The van der Waals surface area contributed by atoms with Crippen molar-refractivity contribution in [3.63, 3.8) is 0 Å². The van der Waals surface area contributed by atoms with Gasteiger partial charge in [-0.25, -0.2) is 5.01 Å². The molecule has 2 amide bonds. The van der Waals surface area contributed by atoms with Gasteiger partial charge < -0.3 is 9.15 Å². The van der Waals surface area contributed by atoms with Gasteiger partial charge in [0.15, 0.2) is 5.09 Å². The highest BCUT2D eigenvalue weighted by Crippen LogP contribution is 2.31. The summed E-state index contributed by atoms with van der Waals surface area (Å²) in [6, 6.07) is 20.0. The minimum absolute atomic E-state index is 0.0270. The number of methoxy groups -OCH3 is 1. The van der Waals surface area contributed by atoms with Gasteiger partial charge in [-0.15, -0.1) is 0 Å². The molecule has 4 rings (SSSR count). The van der Waals surface area contributed by atoms with Crippen molar-refractivity contribution in [3.8, 4) is 5.75 Å². The van der Waals surface area contributed by atoms with Gasteiger partial charge in [0.05, 0.1) is 12.8 Å². The fourth-order valence-corrected chi connectivity index (χ4v) is 3.46. The smallest absolute Gasteiger partial charge is 0.282 e. The minimum atomic E-state index is -0.463. The molecule has 1 aliphatic heterocycles. The number of hydrazine groups is 1. The summed E-state index contributed by atoms with van der Waals surface area (Å²) in [6.07, 6.45) is 1.46. The average molecular weight is 392 g/mol. The Bertz CT molecular complexity index is 1040. The van der Waals surface area contributed by atoms with Crippen LogP contribution < -0.4 is 15.2 Å². The van der Waals surface area contributed by atoms with Gasteiger partial charge in [-0.05, 0) is 54.6 Å². The second kappa shape index (κ2) is 7.66. The highest BCUT2D eigenvalue weighted by atomic mass is 32.2. The molecule has 7 heteroatoms. The molecule has 1 fully saturated rings. The number of hydrogen-bond acceptors (Lipinski definition) is 5. The number of carbonyl (C=O) groups is 2. The number of nitrogens with zero attached hydrogens (tertiary/aromatic N) is 1. The van der Waals surface area contributed by atoms with Crippen LogP contribution in [0.4, 0.5) is 5.69 Å². The SMILES string of the molecule is COc1ccc(Sc2ccc(/C=C3\C(=O)NN(c4ccccc4)C3=O)o2)cc1. The first-order chi connectivity index (χ1) is 13.6. The zero-order chi connectivity index (χ0) is 19.5.